The third-order valence-electron chi connectivity index (χ3n) is 3.97. The van der Waals surface area contributed by atoms with E-state index < -0.39 is 6.36 Å². The summed E-state index contributed by atoms with van der Waals surface area (Å²) in [5.41, 5.74) is 2.07. The molecular formula is C17H19ClF3N3O. The highest BCUT2D eigenvalue weighted by Crippen LogP contribution is 2.26. The van der Waals surface area contributed by atoms with Gasteiger partial charge < -0.3 is 10.1 Å². The topological polar surface area (TPSA) is 37.4 Å². The van der Waals surface area contributed by atoms with Crippen LogP contribution in [0.1, 0.15) is 17.2 Å². The van der Waals surface area contributed by atoms with Gasteiger partial charge in [-0.1, -0.05) is 18.2 Å². The number of hydrogen-bond acceptors (Lipinski definition) is 4. The number of halogens is 4. The van der Waals surface area contributed by atoms with Gasteiger partial charge in [-0.2, -0.15) is 0 Å². The van der Waals surface area contributed by atoms with Crippen molar-refractivity contribution < 1.29 is 17.9 Å². The van der Waals surface area contributed by atoms with Gasteiger partial charge in [0.15, 0.2) is 0 Å². The minimum atomic E-state index is -4.66. The summed E-state index contributed by atoms with van der Waals surface area (Å²) in [5.74, 6) is -0.199. The fourth-order valence-electron chi connectivity index (χ4n) is 2.87. The number of rotatable bonds is 4. The van der Waals surface area contributed by atoms with Crippen LogP contribution in [0, 0.1) is 0 Å². The predicted molar refractivity (Wildman–Crippen MR) is 90.6 cm³/mol. The minimum absolute atomic E-state index is 0. The van der Waals surface area contributed by atoms with Crippen molar-refractivity contribution in [2.75, 3.05) is 19.6 Å². The number of benzene rings is 1. The molecule has 8 heteroatoms. The van der Waals surface area contributed by atoms with Crippen molar-refractivity contribution in [2.45, 2.75) is 18.9 Å². The number of pyridine rings is 1. The molecule has 0 bridgehead atoms. The SMILES string of the molecule is Cl.FC(F)(F)Oc1ccc(CN2CCNCC2c2cccnc2)cc1. The van der Waals surface area contributed by atoms with Crippen LogP contribution in [0.3, 0.4) is 0 Å². The molecule has 0 radical (unpaired) electrons. The highest BCUT2D eigenvalue weighted by Gasteiger charge is 2.31. The summed E-state index contributed by atoms with van der Waals surface area (Å²) in [4.78, 5) is 6.47. The Morgan fingerprint density at radius 2 is 1.96 bits per heavy atom. The van der Waals surface area contributed by atoms with E-state index in [1.807, 2.05) is 18.3 Å². The zero-order chi connectivity index (χ0) is 17.0. The first-order valence-electron chi connectivity index (χ1n) is 7.71. The van der Waals surface area contributed by atoms with Crippen LogP contribution < -0.4 is 10.1 Å². The van der Waals surface area contributed by atoms with Gasteiger partial charge in [0.2, 0.25) is 0 Å². The molecule has 2 aromatic rings. The Hall–Kier alpha value is -1.83. The Labute approximate surface area is 150 Å². The molecule has 0 saturated carbocycles. The normalized spacial score (nSPS) is 18.4. The van der Waals surface area contributed by atoms with E-state index in [9.17, 15) is 13.2 Å². The second-order valence-electron chi connectivity index (χ2n) is 5.67. The van der Waals surface area contributed by atoms with Crippen molar-refractivity contribution >= 4 is 12.4 Å². The van der Waals surface area contributed by atoms with Crippen molar-refractivity contribution in [3.63, 3.8) is 0 Å². The van der Waals surface area contributed by atoms with Crippen molar-refractivity contribution in [3.05, 3.63) is 59.9 Å². The average Bonchev–Trinajstić information content (AvgIpc) is 2.57. The highest BCUT2D eigenvalue weighted by molar-refractivity contribution is 5.85. The second kappa shape index (κ2) is 8.51. The summed E-state index contributed by atoms with van der Waals surface area (Å²) in [5, 5.41) is 3.37. The van der Waals surface area contributed by atoms with E-state index in [1.165, 1.54) is 12.1 Å². The lowest BCUT2D eigenvalue weighted by Gasteiger charge is -2.36. The number of aromatic nitrogens is 1. The van der Waals surface area contributed by atoms with Gasteiger partial charge in [-0.05, 0) is 29.3 Å². The van der Waals surface area contributed by atoms with E-state index in [4.69, 9.17) is 0 Å². The fraction of sp³-hybridized carbons (Fsp3) is 0.353. The lowest BCUT2D eigenvalue weighted by Crippen LogP contribution is -2.45. The Morgan fingerprint density at radius 1 is 1.20 bits per heavy atom. The van der Waals surface area contributed by atoms with Gasteiger partial charge in [0.25, 0.3) is 0 Å². The summed E-state index contributed by atoms with van der Waals surface area (Å²) >= 11 is 0. The largest absolute Gasteiger partial charge is 0.573 e. The maximum atomic E-state index is 12.2. The summed E-state index contributed by atoms with van der Waals surface area (Å²) < 4.78 is 40.5. The molecule has 1 aromatic heterocycles. The zero-order valence-electron chi connectivity index (χ0n) is 13.4. The summed E-state index contributed by atoms with van der Waals surface area (Å²) in [6, 6.07) is 10.2. The predicted octanol–water partition coefficient (Wildman–Crippen LogP) is 3.55. The molecule has 1 aliphatic heterocycles. The van der Waals surface area contributed by atoms with Crippen LogP contribution in [0.2, 0.25) is 0 Å². The van der Waals surface area contributed by atoms with Crippen LogP contribution in [0.4, 0.5) is 13.2 Å². The van der Waals surface area contributed by atoms with Crippen molar-refractivity contribution in [1.82, 2.24) is 15.2 Å². The molecule has 1 aromatic carbocycles. The molecule has 1 fully saturated rings. The van der Waals surface area contributed by atoms with E-state index in [2.05, 4.69) is 19.9 Å². The molecule has 1 aliphatic rings. The quantitative estimate of drug-likeness (QED) is 0.889. The van der Waals surface area contributed by atoms with E-state index in [1.54, 1.807) is 18.3 Å². The third kappa shape index (κ3) is 5.59. The zero-order valence-corrected chi connectivity index (χ0v) is 14.2. The Morgan fingerprint density at radius 3 is 2.60 bits per heavy atom. The van der Waals surface area contributed by atoms with Gasteiger partial charge in [0, 0.05) is 44.6 Å². The summed E-state index contributed by atoms with van der Waals surface area (Å²) in [6.07, 6.45) is -1.07. The van der Waals surface area contributed by atoms with E-state index in [0.717, 1.165) is 30.8 Å². The molecule has 0 amide bonds. The molecule has 136 valence electrons. The lowest BCUT2D eigenvalue weighted by atomic mass is 10.0. The molecule has 1 N–H and O–H groups in total. The number of nitrogens with one attached hydrogen (secondary N) is 1. The molecule has 0 spiro atoms. The lowest BCUT2D eigenvalue weighted by molar-refractivity contribution is -0.274. The number of nitrogens with zero attached hydrogens (tertiary/aromatic N) is 2. The maximum absolute atomic E-state index is 12.2. The van der Waals surface area contributed by atoms with Crippen LogP contribution >= 0.6 is 12.4 Å². The standard InChI is InChI=1S/C17H18F3N3O.ClH/c18-17(19,20)24-15-5-3-13(4-6-15)12-23-9-8-22-11-16(23)14-2-1-7-21-10-14;/h1-7,10,16,22H,8-9,11-12H2;1H. The molecule has 1 unspecified atom stereocenters. The Bertz CT molecular complexity index is 652. The first kappa shape index (κ1) is 19.5. The number of hydrogen-bond donors (Lipinski definition) is 1. The number of piperazine rings is 1. The smallest absolute Gasteiger partial charge is 0.406 e. The van der Waals surface area contributed by atoms with Crippen LogP contribution in [-0.4, -0.2) is 35.9 Å². The molecule has 1 atom stereocenters. The average molecular weight is 374 g/mol. The van der Waals surface area contributed by atoms with E-state index in [0.29, 0.717) is 6.54 Å². The minimum Gasteiger partial charge on any atom is -0.406 e. The summed E-state index contributed by atoms with van der Waals surface area (Å²) in [6.45, 7) is 3.22. The molecule has 25 heavy (non-hydrogen) atoms. The molecule has 4 nitrogen and oxygen atoms in total. The van der Waals surface area contributed by atoms with Crippen LogP contribution in [0.25, 0.3) is 0 Å². The monoisotopic (exact) mass is 373 g/mol. The van der Waals surface area contributed by atoms with Gasteiger partial charge in [0.05, 0.1) is 0 Å². The van der Waals surface area contributed by atoms with Crippen molar-refractivity contribution in [2.24, 2.45) is 0 Å². The molecule has 2 heterocycles. The van der Waals surface area contributed by atoms with Gasteiger partial charge in [-0.25, -0.2) is 0 Å². The highest BCUT2D eigenvalue weighted by atomic mass is 35.5. The van der Waals surface area contributed by atoms with Crippen LogP contribution in [0.5, 0.6) is 5.75 Å². The first-order valence-corrected chi connectivity index (χ1v) is 7.71. The number of alkyl halides is 3. The molecule has 3 rings (SSSR count). The van der Waals surface area contributed by atoms with Gasteiger partial charge >= 0.3 is 6.36 Å². The van der Waals surface area contributed by atoms with Crippen LogP contribution in [-0.2, 0) is 6.54 Å². The van der Waals surface area contributed by atoms with E-state index in [-0.39, 0.29) is 24.2 Å². The second-order valence-corrected chi connectivity index (χ2v) is 5.67. The van der Waals surface area contributed by atoms with Gasteiger partial charge in [-0.15, -0.1) is 25.6 Å². The summed E-state index contributed by atoms with van der Waals surface area (Å²) in [7, 11) is 0. The third-order valence-corrected chi connectivity index (χ3v) is 3.97. The maximum Gasteiger partial charge on any atom is 0.573 e. The first-order chi connectivity index (χ1) is 11.5. The molecular weight excluding hydrogens is 355 g/mol. The number of ether oxygens (including phenoxy) is 1. The van der Waals surface area contributed by atoms with Crippen LogP contribution in [0.15, 0.2) is 48.8 Å². The van der Waals surface area contributed by atoms with Gasteiger partial charge in [0.1, 0.15) is 5.75 Å². The van der Waals surface area contributed by atoms with Crippen molar-refractivity contribution in [3.8, 4) is 5.75 Å². The fourth-order valence-corrected chi connectivity index (χ4v) is 2.87. The van der Waals surface area contributed by atoms with E-state index >= 15 is 0 Å². The Kier molecular flexibility index (Phi) is 6.64. The van der Waals surface area contributed by atoms with Crippen molar-refractivity contribution in [1.29, 1.82) is 0 Å². The molecule has 1 saturated heterocycles. The van der Waals surface area contributed by atoms with Gasteiger partial charge in [-0.3, -0.25) is 9.88 Å². The Balaban J connectivity index is 0.00000225. The molecule has 0 aliphatic carbocycles.